The molecule has 2 aromatic carbocycles. The Morgan fingerprint density at radius 1 is 1.27 bits per heavy atom. The van der Waals surface area contributed by atoms with Crippen molar-refractivity contribution in [2.45, 2.75) is 0 Å². The summed E-state index contributed by atoms with van der Waals surface area (Å²) in [5.41, 5.74) is 1.75. The van der Waals surface area contributed by atoms with Crippen LogP contribution in [0.2, 0.25) is 0 Å². The van der Waals surface area contributed by atoms with E-state index >= 15 is 0 Å². The number of nitrogens with one attached hydrogen (secondary N) is 1. The van der Waals surface area contributed by atoms with E-state index in [0.717, 1.165) is 5.52 Å². The highest BCUT2D eigenvalue weighted by Crippen LogP contribution is 2.38. The molecule has 0 saturated carbocycles. The van der Waals surface area contributed by atoms with Gasteiger partial charge in [0, 0.05) is 0 Å². The van der Waals surface area contributed by atoms with Crippen LogP contribution < -0.4 is 9.47 Å². The van der Waals surface area contributed by atoms with Crippen LogP contribution in [0.4, 0.5) is 5.69 Å². The van der Waals surface area contributed by atoms with Gasteiger partial charge in [-0.2, -0.15) is 5.26 Å². The molecule has 0 spiro atoms. The molecule has 0 bridgehead atoms. The smallest absolute Gasteiger partial charge is 0.280 e. The number of nitro groups is 1. The quantitative estimate of drug-likeness (QED) is 0.441. The number of fused-ring (bicyclic) bond motifs is 2. The molecule has 1 aliphatic heterocycles. The van der Waals surface area contributed by atoms with Crippen molar-refractivity contribution in [2.75, 3.05) is 13.2 Å². The summed E-state index contributed by atoms with van der Waals surface area (Å²) in [6, 6.07) is 12.2. The fourth-order valence-corrected chi connectivity index (χ4v) is 2.76. The van der Waals surface area contributed by atoms with Crippen molar-refractivity contribution in [1.29, 1.82) is 5.26 Å². The van der Waals surface area contributed by atoms with Gasteiger partial charge in [-0.25, -0.2) is 4.98 Å². The van der Waals surface area contributed by atoms with Gasteiger partial charge in [0.25, 0.3) is 5.69 Å². The van der Waals surface area contributed by atoms with Crippen molar-refractivity contribution < 1.29 is 14.4 Å². The first-order valence-electron chi connectivity index (χ1n) is 7.80. The van der Waals surface area contributed by atoms with E-state index in [2.05, 4.69) is 9.97 Å². The number of ether oxygens (including phenoxy) is 2. The van der Waals surface area contributed by atoms with E-state index in [4.69, 9.17) is 9.47 Å². The molecule has 128 valence electrons. The van der Waals surface area contributed by atoms with Crippen molar-refractivity contribution in [1.82, 2.24) is 9.97 Å². The van der Waals surface area contributed by atoms with Crippen LogP contribution in [0.1, 0.15) is 11.4 Å². The Kier molecular flexibility index (Phi) is 3.74. The Bertz CT molecular complexity index is 1060. The molecule has 1 aromatic heterocycles. The number of benzene rings is 2. The summed E-state index contributed by atoms with van der Waals surface area (Å²) < 4.78 is 10.9. The van der Waals surface area contributed by atoms with Crippen molar-refractivity contribution in [3.8, 4) is 17.6 Å². The fraction of sp³-hybridized carbons (Fsp3) is 0.111. The average Bonchev–Trinajstić information content (AvgIpc) is 3.09. The third-order valence-electron chi connectivity index (χ3n) is 3.95. The molecule has 0 radical (unpaired) electrons. The highest BCUT2D eigenvalue weighted by Gasteiger charge is 2.22. The molecule has 1 aliphatic rings. The molecule has 4 rings (SSSR count). The predicted octanol–water partition coefficient (Wildman–Crippen LogP) is 3.31. The number of imidazole rings is 1. The predicted molar refractivity (Wildman–Crippen MR) is 93.7 cm³/mol. The van der Waals surface area contributed by atoms with E-state index in [1.54, 1.807) is 0 Å². The minimum absolute atomic E-state index is 0.168. The summed E-state index contributed by atoms with van der Waals surface area (Å²) in [7, 11) is 0. The number of nitriles is 1. The topological polar surface area (TPSA) is 114 Å². The zero-order valence-corrected chi connectivity index (χ0v) is 13.4. The van der Waals surface area contributed by atoms with Crippen molar-refractivity contribution in [3.05, 3.63) is 57.9 Å². The lowest BCUT2D eigenvalue weighted by molar-refractivity contribution is -0.385. The normalized spacial score (nSPS) is 13.4. The van der Waals surface area contributed by atoms with Gasteiger partial charge < -0.3 is 14.5 Å². The first-order chi connectivity index (χ1) is 12.7. The second-order valence-electron chi connectivity index (χ2n) is 5.58. The molecule has 0 aliphatic carbocycles. The second-order valence-corrected chi connectivity index (χ2v) is 5.58. The number of H-pyrrole nitrogens is 1. The number of allylic oxidation sites excluding steroid dienone is 1. The number of rotatable bonds is 3. The molecular formula is C18H12N4O4. The lowest BCUT2D eigenvalue weighted by Gasteiger charge is -2.18. The van der Waals surface area contributed by atoms with E-state index in [0.29, 0.717) is 36.1 Å². The fourth-order valence-electron chi connectivity index (χ4n) is 2.76. The van der Waals surface area contributed by atoms with Gasteiger partial charge in [0.15, 0.2) is 11.5 Å². The number of nitrogens with zero attached hydrogens (tertiary/aromatic N) is 3. The summed E-state index contributed by atoms with van der Waals surface area (Å²) in [6.07, 6.45) is 1.42. The minimum Gasteiger partial charge on any atom is -0.486 e. The maximum Gasteiger partial charge on any atom is 0.280 e. The molecular weight excluding hydrogens is 336 g/mol. The third kappa shape index (κ3) is 2.71. The first kappa shape index (κ1) is 15.7. The Balaban J connectivity index is 1.84. The van der Waals surface area contributed by atoms with Crippen molar-refractivity contribution in [2.24, 2.45) is 0 Å². The van der Waals surface area contributed by atoms with Crippen LogP contribution in [0.15, 0.2) is 36.4 Å². The molecule has 8 nitrogen and oxygen atoms in total. The van der Waals surface area contributed by atoms with Crippen LogP contribution in [-0.4, -0.2) is 28.1 Å². The summed E-state index contributed by atoms with van der Waals surface area (Å²) in [4.78, 5) is 18.3. The lowest BCUT2D eigenvalue weighted by atomic mass is 10.1. The molecule has 2 heterocycles. The van der Waals surface area contributed by atoms with Crippen molar-refractivity contribution >= 4 is 28.4 Å². The Morgan fingerprint density at radius 2 is 2.00 bits per heavy atom. The van der Waals surface area contributed by atoms with Gasteiger partial charge >= 0.3 is 0 Å². The van der Waals surface area contributed by atoms with Gasteiger partial charge in [-0.15, -0.1) is 0 Å². The van der Waals surface area contributed by atoms with Gasteiger partial charge in [-0.1, -0.05) is 12.1 Å². The van der Waals surface area contributed by atoms with Gasteiger partial charge in [-0.05, 0) is 24.3 Å². The standard InChI is InChI=1S/C18H12N4O4/c19-10-12(18-20-13-3-1-2-4-14(13)21-18)7-11-8-16-17(26-6-5-25-16)9-15(11)22(23)24/h1-4,7-9H,5-6H2,(H,20,21)/b12-7-. The lowest BCUT2D eigenvalue weighted by Crippen LogP contribution is -2.15. The molecule has 3 aromatic rings. The molecule has 0 saturated heterocycles. The van der Waals surface area contributed by atoms with E-state index in [9.17, 15) is 15.4 Å². The monoisotopic (exact) mass is 348 g/mol. The van der Waals surface area contributed by atoms with Crippen LogP contribution in [0.25, 0.3) is 22.7 Å². The zero-order chi connectivity index (χ0) is 18.1. The first-order valence-corrected chi connectivity index (χ1v) is 7.80. The van der Waals surface area contributed by atoms with E-state index < -0.39 is 4.92 Å². The summed E-state index contributed by atoms with van der Waals surface area (Å²) >= 11 is 0. The highest BCUT2D eigenvalue weighted by atomic mass is 16.6. The molecule has 26 heavy (non-hydrogen) atoms. The van der Waals surface area contributed by atoms with Gasteiger partial charge in [0.1, 0.15) is 25.1 Å². The molecule has 1 N–H and O–H groups in total. The maximum absolute atomic E-state index is 11.4. The number of hydrogen-bond donors (Lipinski definition) is 1. The Hall–Kier alpha value is -3.86. The van der Waals surface area contributed by atoms with Crippen LogP contribution >= 0.6 is 0 Å². The van der Waals surface area contributed by atoms with E-state index in [-0.39, 0.29) is 16.8 Å². The SMILES string of the molecule is N#C/C(=C/c1cc2c(cc1[N+](=O)[O-])OCCO2)c1nc2ccccc2[nH]1. The van der Waals surface area contributed by atoms with Gasteiger partial charge in [0.05, 0.1) is 33.2 Å². The van der Waals surface area contributed by atoms with Crippen molar-refractivity contribution in [3.63, 3.8) is 0 Å². The molecule has 0 amide bonds. The Labute approximate surface area is 147 Å². The number of hydrogen-bond acceptors (Lipinski definition) is 6. The summed E-state index contributed by atoms with van der Waals surface area (Å²) in [5, 5.41) is 21.0. The van der Waals surface area contributed by atoms with Crippen LogP contribution in [-0.2, 0) is 0 Å². The van der Waals surface area contributed by atoms with Gasteiger partial charge in [-0.3, -0.25) is 10.1 Å². The largest absolute Gasteiger partial charge is 0.486 e. The number of aromatic nitrogens is 2. The highest BCUT2D eigenvalue weighted by molar-refractivity contribution is 5.92. The van der Waals surface area contributed by atoms with Crippen LogP contribution in [0.3, 0.4) is 0 Å². The summed E-state index contributed by atoms with van der Waals surface area (Å²) in [5.74, 6) is 1.08. The second kappa shape index (κ2) is 6.22. The number of nitro benzene ring substituents is 1. The molecule has 8 heteroatoms. The number of para-hydroxylation sites is 2. The molecule has 0 atom stereocenters. The van der Waals surface area contributed by atoms with E-state index in [1.165, 1.54) is 18.2 Å². The third-order valence-corrected chi connectivity index (χ3v) is 3.95. The number of aromatic amines is 1. The Morgan fingerprint density at radius 3 is 2.69 bits per heavy atom. The summed E-state index contributed by atoms with van der Waals surface area (Å²) in [6.45, 7) is 0.699. The molecule has 0 fully saturated rings. The van der Waals surface area contributed by atoms with E-state index in [1.807, 2.05) is 30.3 Å². The van der Waals surface area contributed by atoms with Crippen LogP contribution in [0.5, 0.6) is 11.5 Å². The van der Waals surface area contributed by atoms with Gasteiger partial charge in [0.2, 0.25) is 0 Å². The molecule has 0 unspecified atom stereocenters. The minimum atomic E-state index is -0.516. The maximum atomic E-state index is 11.4. The van der Waals surface area contributed by atoms with Crippen LogP contribution in [0, 0.1) is 21.4 Å². The average molecular weight is 348 g/mol. The zero-order valence-electron chi connectivity index (χ0n) is 13.4.